The van der Waals surface area contributed by atoms with E-state index in [-0.39, 0.29) is 17.7 Å². The molecule has 0 radical (unpaired) electrons. The minimum atomic E-state index is -0.435. The highest BCUT2D eigenvalue weighted by Crippen LogP contribution is 2.35. The number of rotatable bonds is 6. The van der Waals surface area contributed by atoms with Crippen LogP contribution in [0.25, 0.3) is 33.1 Å². The van der Waals surface area contributed by atoms with Gasteiger partial charge in [0.25, 0.3) is 11.6 Å². The van der Waals surface area contributed by atoms with E-state index >= 15 is 0 Å². The van der Waals surface area contributed by atoms with E-state index in [4.69, 9.17) is 4.98 Å². The number of amides is 1. The number of likely N-dealkylation sites (tertiary alicyclic amines) is 1. The van der Waals surface area contributed by atoms with Crippen LogP contribution in [0.1, 0.15) is 28.8 Å². The summed E-state index contributed by atoms with van der Waals surface area (Å²) in [5, 5.41) is 25.9. The number of fused-ring (bicyclic) bond motifs is 3. The van der Waals surface area contributed by atoms with Crippen molar-refractivity contribution in [1.29, 1.82) is 0 Å². The number of nitrogens with zero attached hydrogens (tertiary/aromatic N) is 3. The summed E-state index contributed by atoms with van der Waals surface area (Å²) in [6, 6.07) is 23.5. The number of nitro groups is 1. The number of carbonyl (C=O) groups is 1. The van der Waals surface area contributed by atoms with Crippen molar-refractivity contribution in [2.24, 2.45) is 0 Å². The lowest BCUT2D eigenvalue weighted by atomic mass is 10.1. The number of non-ortho nitro benzene ring substituents is 1. The molecule has 0 unspecified atom stereocenters. The second-order valence-corrected chi connectivity index (χ2v) is 9.92. The van der Waals surface area contributed by atoms with Crippen LogP contribution < -0.4 is 5.32 Å². The normalized spacial score (nSPS) is 14.6. The average molecular weight is 522 g/mol. The van der Waals surface area contributed by atoms with Gasteiger partial charge >= 0.3 is 0 Å². The Hall–Kier alpha value is -4.60. The van der Waals surface area contributed by atoms with E-state index in [0.717, 1.165) is 59.8 Å². The van der Waals surface area contributed by atoms with Gasteiger partial charge in [-0.3, -0.25) is 19.8 Å². The molecule has 39 heavy (non-hydrogen) atoms. The Bertz CT molecular complexity index is 1690. The summed E-state index contributed by atoms with van der Waals surface area (Å²) in [5.74, 6) is 0.0639. The highest BCUT2D eigenvalue weighted by Gasteiger charge is 2.19. The number of benzene rings is 3. The second kappa shape index (κ2) is 10.3. The summed E-state index contributed by atoms with van der Waals surface area (Å²) in [6.45, 7) is 2.50. The third-order valence-corrected chi connectivity index (χ3v) is 7.25. The number of hydrogen-bond acceptors (Lipinski definition) is 6. The molecular weight excluding hydrogens is 494 g/mol. The Morgan fingerprint density at radius 1 is 1.03 bits per heavy atom. The summed E-state index contributed by atoms with van der Waals surface area (Å²) in [7, 11) is 0. The Morgan fingerprint density at radius 3 is 2.56 bits per heavy atom. The van der Waals surface area contributed by atoms with Crippen LogP contribution >= 0.6 is 0 Å². The fourth-order valence-electron chi connectivity index (χ4n) is 5.17. The van der Waals surface area contributed by atoms with E-state index in [9.17, 15) is 20.0 Å². The molecule has 3 heterocycles. The quantitative estimate of drug-likeness (QED) is 0.200. The van der Waals surface area contributed by atoms with Gasteiger partial charge in [0.2, 0.25) is 0 Å². The molecule has 1 aliphatic rings. The molecule has 1 fully saturated rings. The zero-order valence-electron chi connectivity index (χ0n) is 21.1. The highest BCUT2D eigenvalue weighted by atomic mass is 16.6. The first-order chi connectivity index (χ1) is 18.9. The van der Waals surface area contributed by atoms with Gasteiger partial charge in [-0.15, -0.1) is 0 Å². The fourth-order valence-corrected chi connectivity index (χ4v) is 5.17. The molecule has 196 valence electrons. The summed E-state index contributed by atoms with van der Waals surface area (Å²) >= 11 is 0. The number of aromatic nitrogens is 2. The molecule has 1 amide bonds. The van der Waals surface area contributed by atoms with Crippen molar-refractivity contribution in [3.8, 4) is 11.3 Å². The molecule has 0 saturated carbocycles. The van der Waals surface area contributed by atoms with Gasteiger partial charge in [-0.25, -0.2) is 4.98 Å². The number of nitrogens with one attached hydrogen (secondary N) is 2. The van der Waals surface area contributed by atoms with Crippen molar-refractivity contribution in [1.82, 2.24) is 14.9 Å². The molecule has 5 aromatic rings. The topological polar surface area (TPSA) is 124 Å². The molecule has 3 N–H and O–H groups in total. The van der Waals surface area contributed by atoms with Crippen LogP contribution in [0.15, 0.2) is 78.9 Å². The molecule has 0 atom stereocenters. The molecule has 9 heteroatoms. The number of carbonyl (C=O) groups excluding carboxylic acids is 1. The standard InChI is InChI=1S/C30H27N5O4/c36-23-12-14-34(15-13-23)18-19-8-10-20(11-9-19)30(37)33-27-17-25-24-6-1-2-7-26(24)31-29(25)28(32-27)21-4-3-5-22(16-21)35(38)39/h1-11,16-17,23,31,36H,12-15,18H2,(H,32,33,37). The van der Waals surface area contributed by atoms with Crippen molar-refractivity contribution in [2.75, 3.05) is 18.4 Å². The van der Waals surface area contributed by atoms with Gasteiger partial charge in [0.1, 0.15) is 5.82 Å². The van der Waals surface area contributed by atoms with Crippen LogP contribution in [-0.4, -0.2) is 50.0 Å². The minimum absolute atomic E-state index is 0.0335. The minimum Gasteiger partial charge on any atom is -0.393 e. The van der Waals surface area contributed by atoms with Gasteiger partial charge in [-0.05, 0) is 42.7 Å². The molecule has 3 aromatic carbocycles. The van der Waals surface area contributed by atoms with E-state index in [1.807, 2.05) is 42.5 Å². The zero-order valence-corrected chi connectivity index (χ0v) is 21.1. The molecule has 0 bridgehead atoms. The molecule has 6 rings (SSSR count). The van der Waals surface area contributed by atoms with Crippen LogP contribution in [-0.2, 0) is 6.54 Å². The van der Waals surface area contributed by atoms with Crippen LogP contribution in [0.5, 0.6) is 0 Å². The van der Waals surface area contributed by atoms with Gasteiger partial charge in [0, 0.05) is 59.2 Å². The van der Waals surface area contributed by atoms with E-state index in [0.29, 0.717) is 22.6 Å². The predicted octanol–water partition coefficient (Wildman–Crippen LogP) is 5.50. The van der Waals surface area contributed by atoms with Crippen LogP contribution in [0.3, 0.4) is 0 Å². The number of pyridine rings is 1. The largest absolute Gasteiger partial charge is 0.393 e. The average Bonchev–Trinajstić information content (AvgIpc) is 3.33. The Kier molecular flexibility index (Phi) is 6.52. The highest BCUT2D eigenvalue weighted by molar-refractivity contribution is 6.13. The number of nitro benzene ring substituents is 1. The number of H-pyrrole nitrogens is 1. The van der Waals surface area contributed by atoms with Crippen molar-refractivity contribution in [3.05, 3.63) is 100 Å². The lowest BCUT2D eigenvalue weighted by molar-refractivity contribution is -0.384. The first-order valence-corrected chi connectivity index (χ1v) is 12.9. The number of aliphatic hydroxyl groups excluding tert-OH is 1. The Balaban J connectivity index is 1.31. The van der Waals surface area contributed by atoms with Crippen molar-refractivity contribution in [3.63, 3.8) is 0 Å². The van der Waals surface area contributed by atoms with Gasteiger partial charge in [0.05, 0.1) is 22.2 Å². The van der Waals surface area contributed by atoms with Crippen molar-refractivity contribution >= 4 is 39.2 Å². The smallest absolute Gasteiger partial charge is 0.270 e. The van der Waals surface area contributed by atoms with Crippen molar-refractivity contribution < 1.29 is 14.8 Å². The summed E-state index contributed by atoms with van der Waals surface area (Å²) in [6.07, 6.45) is 1.36. The van der Waals surface area contributed by atoms with E-state index in [1.165, 1.54) is 12.1 Å². The molecule has 9 nitrogen and oxygen atoms in total. The van der Waals surface area contributed by atoms with E-state index < -0.39 is 4.92 Å². The van der Waals surface area contributed by atoms with Crippen LogP contribution in [0, 0.1) is 10.1 Å². The van der Waals surface area contributed by atoms with Crippen LogP contribution in [0.2, 0.25) is 0 Å². The number of para-hydroxylation sites is 1. The molecular formula is C30H27N5O4. The number of anilines is 1. The van der Waals surface area contributed by atoms with Gasteiger partial charge in [-0.1, -0.05) is 42.5 Å². The van der Waals surface area contributed by atoms with Gasteiger partial charge < -0.3 is 15.4 Å². The molecule has 1 saturated heterocycles. The van der Waals surface area contributed by atoms with Crippen LogP contribution in [0.4, 0.5) is 11.5 Å². The summed E-state index contributed by atoms with van der Waals surface area (Å²) in [5.41, 5.74) is 4.32. The zero-order chi connectivity index (χ0) is 26.9. The summed E-state index contributed by atoms with van der Waals surface area (Å²) < 4.78 is 0. The second-order valence-electron chi connectivity index (χ2n) is 9.92. The fraction of sp³-hybridized carbons (Fsp3) is 0.200. The SMILES string of the molecule is O=C(Nc1cc2c([nH]c3ccccc32)c(-c2cccc([N+](=O)[O-])c2)n1)c1ccc(CN2CCC(O)CC2)cc1. The summed E-state index contributed by atoms with van der Waals surface area (Å²) in [4.78, 5) is 34.6. The van der Waals surface area contributed by atoms with Gasteiger partial charge in [-0.2, -0.15) is 0 Å². The number of hydrogen-bond donors (Lipinski definition) is 3. The monoisotopic (exact) mass is 521 g/mol. The maximum Gasteiger partial charge on any atom is 0.270 e. The first-order valence-electron chi connectivity index (χ1n) is 12.9. The molecule has 1 aliphatic heterocycles. The molecule has 0 spiro atoms. The lowest BCUT2D eigenvalue weighted by Gasteiger charge is -2.29. The molecule has 0 aliphatic carbocycles. The number of piperidine rings is 1. The predicted molar refractivity (Wildman–Crippen MR) is 151 cm³/mol. The first kappa shape index (κ1) is 24.7. The van der Waals surface area contributed by atoms with E-state index in [2.05, 4.69) is 15.2 Å². The van der Waals surface area contributed by atoms with Gasteiger partial charge in [0.15, 0.2) is 0 Å². The lowest BCUT2D eigenvalue weighted by Crippen LogP contribution is -2.35. The molecule has 2 aromatic heterocycles. The third kappa shape index (κ3) is 5.09. The van der Waals surface area contributed by atoms with Crippen molar-refractivity contribution in [2.45, 2.75) is 25.5 Å². The Labute approximate surface area is 224 Å². The number of aliphatic hydroxyl groups is 1. The number of aromatic amines is 1. The Morgan fingerprint density at radius 2 is 1.79 bits per heavy atom. The maximum absolute atomic E-state index is 13.2. The third-order valence-electron chi connectivity index (χ3n) is 7.25. The van der Waals surface area contributed by atoms with E-state index in [1.54, 1.807) is 24.3 Å². The maximum atomic E-state index is 13.2.